The van der Waals surface area contributed by atoms with E-state index >= 15 is 0 Å². The summed E-state index contributed by atoms with van der Waals surface area (Å²) in [6.45, 7) is 13.9. The van der Waals surface area contributed by atoms with Crippen LogP contribution in [0.1, 0.15) is 52.0 Å². The Balaban J connectivity index is 1.08. The van der Waals surface area contributed by atoms with Crippen molar-refractivity contribution < 1.29 is 18.7 Å². The van der Waals surface area contributed by atoms with Crippen molar-refractivity contribution in [2.45, 2.75) is 65.6 Å². The van der Waals surface area contributed by atoms with Crippen LogP contribution in [0.25, 0.3) is 11.5 Å². The summed E-state index contributed by atoms with van der Waals surface area (Å²) in [4.78, 5) is 36.5. The summed E-state index contributed by atoms with van der Waals surface area (Å²) in [5.74, 6) is 1.79. The Bertz CT molecular complexity index is 1160. The van der Waals surface area contributed by atoms with Gasteiger partial charge in [0.25, 0.3) is 0 Å². The fourth-order valence-corrected chi connectivity index (χ4v) is 6.07. The first-order chi connectivity index (χ1) is 17.4. The molecule has 2 aromatic rings. The summed E-state index contributed by atoms with van der Waals surface area (Å²) in [5, 5.41) is 0.688. The first-order valence-corrected chi connectivity index (χ1v) is 13.5. The first-order valence-electron chi connectivity index (χ1n) is 13.1. The molecule has 9 heteroatoms. The van der Waals surface area contributed by atoms with Crippen molar-refractivity contribution >= 4 is 23.6 Å². The number of piperazine rings is 1. The van der Waals surface area contributed by atoms with Gasteiger partial charge in [0.15, 0.2) is 0 Å². The summed E-state index contributed by atoms with van der Waals surface area (Å²) < 4.78 is 11.4. The van der Waals surface area contributed by atoms with E-state index < -0.39 is 5.60 Å². The molecule has 1 saturated carbocycles. The van der Waals surface area contributed by atoms with Gasteiger partial charge in [0.1, 0.15) is 11.4 Å². The molecule has 1 aliphatic carbocycles. The number of ether oxygens (including phenoxy) is 1. The highest BCUT2D eigenvalue weighted by Crippen LogP contribution is 2.52. The van der Waals surface area contributed by atoms with E-state index in [-0.39, 0.29) is 29.4 Å². The van der Waals surface area contributed by atoms with Crippen molar-refractivity contribution in [3.05, 3.63) is 40.7 Å². The molecule has 5 rings (SSSR count). The van der Waals surface area contributed by atoms with Crippen LogP contribution < -0.4 is 0 Å². The number of rotatable bonds is 4. The van der Waals surface area contributed by atoms with Gasteiger partial charge < -0.3 is 19.0 Å². The molecule has 1 aromatic heterocycles. The van der Waals surface area contributed by atoms with Crippen LogP contribution in [0.5, 0.6) is 0 Å². The number of benzene rings is 1. The number of nitrogens with zero attached hydrogens (tertiary/aromatic N) is 4. The minimum atomic E-state index is -0.522. The van der Waals surface area contributed by atoms with Gasteiger partial charge in [-0.3, -0.25) is 9.69 Å². The number of carbonyl (C=O) groups is 2. The van der Waals surface area contributed by atoms with Crippen LogP contribution in [0.4, 0.5) is 4.79 Å². The molecule has 1 spiro atoms. The van der Waals surface area contributed by atoms with Crippen molar-refractivity contribution in [1.82, 2.24) is 19.7 Å². The Morgan fingerprint density at radius 2 is 1.84 bits per heavy atom. The first kappa shape index (κ1) is 26.0. The average molecular weight is 529 g/mol. The molecule has 1 aromatic carbocycles. The zero-order chi connectivity index (χ0) is 26.5. The fraction of sp³-hybridized carbons (Fsp3) is 0.607. The van der Waals surface area contributed by atoms with Crippen molar-refractivity contribution in [3.8, 4) is 11.5 Å². The summed E-state index contributed by atoms with van der Waals surface area (Å²) in [6.07, 6.45) is 1.58. The minimum absolute atomic E-state index is 0.0516. The van der Waals surface area contributed by atoms with Crippen molar-refractivity contribution in [1.29, 1.82) is 0 Å². The molecule has 37 heavy (non-hydrogen) atoms. The van der Waals surface area contributed by atoms with Gasteiger partial charge >= 0.3 is 6.09 Å². The molecule has 2 aliphatic heterocycles. The van der Waals surface area contributed by atoms with Gasteiger partial charge in [-0.15, -0.1) is 0 Å². The Hall–Kier alpha value is -2.58. The van der Waals surface area contributed by atoms with E-state index in [1.165, 1.54) is 0 Å². The number of amides is 2. The lowest BCUT2D eigenvalue weighted by Gasteiger charge is -2.59. The summed E-state index contributed by atoms with van der Waals surface area (Å²) in [6, 6.07) is 7.46. The monoisotopic (exact) mass is 528 g/mol. The Kier molecular flexibility index (Phi) is 6.77. The predicted molar refractivity (Wildman–Crippen MR) is 141 cm³/mol. The molecule has 0 N–H and O–H groups in total. The maximum atomic E-state index is 13.2. The number of halogens is 1. The number of hydrogen-bond donors (Lipinski definition) is 0. The zero-order valence-electron chi connectivity index (χ0n) is 22.4. The van der Waals surface area contributed by atoms with Gasteiger partial charge in [0.05, 0.1) is 5.69 Å². The highest BCUT2D eigenvalue weighted by Gasteiger charge is 2.55. The van der Waals surface area contributed by atoms with Crippen LogP contribution in [0.2, 0.25) is 5.02 Å². The normalized spacial score (nSPS) is 22.1. The van der Waals surface area contributed by atoms with E-state index in [9.17, 15) is 9.59 Å². The van der Waals surface area contributed by atoms with Crippen LogP contribution in [-0.2, 0) is 16.1 Å². The lowest BCUT2D eigenvalue weighted by atomic mass is 9.57. The zero-order valence-corrected chi connectivity index (χ0v) is 23.2. The SMILES string of the molecule is Cc1oc(-c2ccc(Cl)cc2)nc1CN1CC2(CC(C(=O)N3CCN(C(=O)OC(C)(C)C)[C@H](C)C3)C2)C1. The molecule has 3 aliphatic rings. The molecule has 0 radical (unpaired) electrons. The summed E-state index contributed by atoms with van der Waals surface area (Å²) >= 11 is 5.99. The molecule has 1 atom stereocenters. The lowest BCUT2D eigenvalue weighted by Crippen LogP contribution is -2.65. The molecular formula is C28H37ClN4O4. The maximum Gasteiger partial charge on any atom is 0.410 e. The highest BCUT2D eigenvalue weighted by molar-refractivity contribution is 6.30. The van der Waals surface area contributed by atoms with Crippen LogP contribution >= 0.6 is 11.6 Å². The van der Waals surface area contributed by atoms with E-state index in [4.69, 9.17) is 25.7 Å². The molecule has 8 nitrogen and oxygen atoms in total. The van der Waals surface area contributed by atoms with Crippen molar-refractivity contribution in [2.24, 2.45) is 11.3 Å². The lowest BCUT2D eigenvalue weighted by molar-refractivity contribution is -0.157. The molecule has 2 saturated heterocycles. The second-order valence-electron chi connectivity index (χ2n) is 12.1. The van der Waals surface area contributed by atoms with Gasteiger partial charge in [-0.2, -0.15) is 0 Å². The predicted octanol–water partition coefficient (Wildman–Crippen LogP) is 4.98. The highest BCUT2D eigenvalue weighted by atomic mass is 35.5. The van der Waals surface area contributed by atoms with E-state index in [0.29, 0.717) is 30.5 Å². The van der Waals surface area contributed by atoms with E-state index in [2.05, 4.69) is 4.90 Å². The number of aromatic nitrogens is 1. The maximum absolute atomic E-state index is 13.2. The minimum Gasteiger partial charge on any atom is -0.444 e. The second kappa shape index (κ2) is 9.62. The van der Waals surface area contributed by atoms with E-state index in [0.717, 1.165) is 49.5 Å². The van der Waals surface area contributed by atoms with Crippen LogP contribution in [-0.4, -0.2) is 76.1 Å². The van der Waals surface area contributed by atoms with Crippen molar-refractivity contribution in [2.75, 3.05) is 32.7 Å². The summed E-state index contributed by atoms with van der Waals surface area (Å²) in [7, 11) is 0. The van der Waals surface area contributed by atoms with Gasteiger partial charge in [-0.05, 0) is 77.1 Å². The number of hydrogen-bond acceptors (Lipinski definition) is 6. The third-order valence-electron chi connectivity index (χ3n) is 7.75. The molecular weight excluding hydrogens is 492 g/mol. The number of aryl methyl sites for hydroxylation is 1. The van der Waals surface area contributed by atoms with Gasteiger partial charge in [-0.1, -0.05) is 11.6 Å². The number of carbonyl (C=O) groups excluding carboxylic acids is 2. The van der Waals surface area contributed by atoms with Gasteiger partial charge in [0.2, 0.25) is 11.8 Å². The molecule has 3 fully saturated rings. The molecule has 0 unspecified atom stereocenters. The average Bonchev–Trinajstić information content (AvgIpc) is 3.13. The number of likely N-dealkylation sites (tertiary alicyclic amines) is 1. The number of oxazole rings is 1. The Labute approximate surface area is 223 Å². The second-order valence-corrected chi connectivity index (χ2v) is 12.5. The topological polar surface area (TPSA) is 79.1 Å². The molecule has 3 heterocycles. The van der Waals surface area contributed by atoms with Crippen LogP contribution in [0, 0.1) is 18.3 Å². The van der Waals surface area contributed by atoms with Crippen LogP contribution in [0.15, 0.2) is 28.7 Å². The van der Waals surface area contributed by atoms with Crippen LogP contribution in [0.3, 0.4) is 0 Å². The van der Waals surface area contributed by atoms with E-state index in [1.54, 1.807) is 4.90 Å². The third-order valence-corrected chi connectivity index (χ3v) is 8.00. The fourth-order valence-electron chi connectivity index (χ4n) is 5.94. The van der Waals surface area contributed by atoms with Gasteiger partial charge in [-0.25, -0.2) is 9.78 Å². The largest absolute Gasteiger partial charge is 0.444 e. The Morgan fingerprint density at radius 1 is 1.16 bits per heavy atom. The van der Waals surface area contributed by atoms with Crippen molar-refractivity contribution in [3.63, 3.8) is 0 Å². The van der Waals surface area contributed by atoms with Gasteiger partial charge in [0, 0.05) is 61.8 Å². The molecule has 2 amide bonds. The Morgan fingerprint density at radius 3 is 2.46 bits per heavy atom. The summed E-state index contributed by atoms with van der Waals surface area (Å²) in [5.41, 5.74) is 1.61. The standard InChI is InChI=1S/C28H37ClN4O4/c1-18-14-32(10-11-33(18)26(35)37-27(3,4)5)25(34)21-12-28(13-21)16-31(17-28)15-23-19(2)36-24(30-23)20-6-8-22(29)9-7-20/h6-9,18,21H,10-17H2,1-5H3/t18-/m1/s1. The quantitative estimate of drug-likeness (QED) is 0.556. The molecule has 200 valence electrons. The van der Waals surface area contributed by atoms with E-state index in [1.807, 2.05) is 63.8 Å². The third kappa shape index (κ3) is 5.50. The smallest absolute Gasteiger partial charge is 0.410 e. The molecule has 0 bridgehead atoms.